The molecule has 0 radical (unpaired) electrons. The van der Waals surface area contributed by atoms with Crippen molar-refractivity contribution < 1.29 is 14.3 Å². The number of piperazine rings is 1. The maximum Gasteiger partial charge on any atom is 0.259 e. The molecule has 3 rings (SSSR count). The van der Waals surface area contributed by atoms with E-state index in [0.29, 0.717) is 23.8 Å². The molecule has 0 bridgehead atoms. The third-order valence-corrected chi connectivity index (χ3v) is 5.53. The molecule has 2 aromatic rings. The number of rotatable bonds is 5. The molecular weight excluding hydrogens is 425 g/mol. The second-order valence-electron chi connectivity index (χ2n) is 7.44. The Morgan fingerprint density at radius 1 is 1.03 bits per heavy atom. The number of nitrogens with zero attached hydrogens (tertiary/aromatic N) is 2. The molecule has 30 heavy (non-hydrogen) atoms. The van der Waals surface area contributed by atoms with Gasteiger partial charge in [-0.15, -0.1) is 0 Å². The van der Waals surface area contributed by atoms with Gasteiger partial charge in [0.15, 0.2) is 0 Å². The second-order valence-corrected chi connectivity index (χ2v) is 8.28. The number of carbonyl (C=O) groups excluding carboxylic acids is 2. The van der Waals surface area contributed by atoms with Crippen LogP contribution < -0.4 is 15.0 Å². The number of benzene rings is 2. The highest BCUT2D eigenvalue weighted by atomic mass is 35.5. The fraction of sp³-hybridized carbons (Fsp3) is 0.364. The summed E-state index contributed by atoms with van der Waals surface area (Å²) in [6.45, 7) is 6.84. The number of ether oxygens (including phenoxy) is 1. The average Bonchev–Trinajstić information content (AvgIpc) is 2.73. The first-order chi connectivity index (χ1) is 14.3. The summed E-state index contributed by atoms with van der Waals surface area (Å²) in [5, 5.41) is 3.48. The van der Waals surface area contributed by atoms with Crippen molar-refractivity contribution in [2.75, 3.05) is 43.5 Å². The van der Waals surface area contributed by atoms with Crippen molar-refractivity contribution in [3.05, 3.63) is 52.0 Å². The Kier molecular flexibility index (Phi) is 7.10. The normalized spacial score (nSPS) is 14.1. The molecule has 1 N–H and O–H groups in total. The van der Waals surface area contributed by atoms with Crippen molar-refractivity contribution in [3.63, 3.8) is 0 Å². The highest BCUT2D eigenvalue weighted by Gasteiger charge is 2.23. The van der Waals surface area contributed by atoms with Gasteiger partial charge in [0.25, 0.3) is 5.91 Å². The van der Waals surface area contributed by atoms with Crippen molar-refractivity contribution >= 4 is 46.4 Å². The minimum atomic E-state index is -0.357. The summed E-state index contributed by atoms with van der Waals surface area (Å²) in [5.41, 5.74) is 1.97. The van der Waals surface area contributed by atoms with E-state index in [1.165, 1.54) is 19.2 Å². The Labute approximate surface area is 186 Å². The first-order valence-corrected chi connectivity index (χ1v) is 10.5. The Morgan fingerprint density at radius 3 is 2.23 bits per heavy atom. The van der Waals surface area contributed by atoms with Crippen molar-refractivity contribution in [2.24, 2.45) is 5.92 Å². The van der Waals surface area contributed by atoms with E-state index in [9.17, 15) is 9.59 Å². The third-order valence-electron chi connectivity index (χ3n) is 5.03. The maximum absolute atomic E-state index is 12.7. The van der Waals surface area contributed by atoms with Gasteiger partial charge in [0.1, 0.15) is 5.75 Å². The molecule has 0 aliphatic carbocycles. The largest absolute Gasteiger partial charge is 0.494 e. The first-order valence-electron chi connectivity index (χ1n) is 9.78. The molecule has 8 heteroatoms. The van der Waals surface area contributed by atoms with Crippen LogP contribution in [-0.4, -0.2) is 50.0 Å². The van der Waals surface area contributed by atoms with Crippen molar-refractivity contribution in [2.45, 2.75) is 13.8 Å². The summed E-state index contributed by atoms with van der Waals surface area (Å²) in [6, 6.07) is 10.7. The minimum absolute atomic E-state index is 0.0208. The van der Waals surface area contributed by atoms with Crippen LogP contribution in [0.25, 0.3) is 0 Å². The topological polar surface area (TPSA) is 61.9 Å². The summed E-state index contributed by atoms with van der Waals surface area (Å²) in [6.07, 6.45) is 0. The monoisotopic (exact) mass is 449 g/mol. The average molecular weight is 450 g/mol. The van der Waals surface area contributed by atoms with Gasteiger partial charge in [-0.05, 0) is 36.4 Å². The van der Waals surface area contributed by atoms with E-state index >= 15 is 0 Å². The summed E-state index contributed by atoms with van der Waals surface area (Å²) in [5.74, 6) is 0.144. The molecule has 2 aromatic carbocycles. The van der Waals surface area contributed by atoms with Crippen LogP contribution in [0.3, 0.4) is 0 Å². The van der Waals surface area contributed by atoms with Gasteiger partial charge in [0.2, 0.25) is 5.91 Å². The molecule has 1 aliphatic rings. The zero-order valence-electron chi connectivity index (χ0n) is 17.2. The zero-order chi connectivity index (χ0) is 21.8. The van der Waals surface area contributed by atoms with Crippen LogP contribution in [0.15, 0.2) is 36.4 Å². The minimum Gasteiger partial charge on any atom is -0.494 e. The number of carbonyl (C=O) groups is 2. The van der Waals surface area contributed by atoms with E-state index in [1.807, 2.05) is 43.0 Å². The Balaban J connectivity index is 1.65. The Hall–Kier alpha value is -2.44. The molecule has 6 nitrogen and oxygen atoms in total. The standard InChI is InChI=1S/C22H25Cl2N3O3/c1-14(2)22(29)27-10-8-26(9-11-27)17-6-4-16(5-7-17)25-21(28)18-12-15(23)13-19(24)20(18)30-3/h4-7,12-14H,8-11H2,1-3H3,(H,25,28). The predicted molar refractivity (Wildman–Crippen MR) is 121 cm³/mol. The van der Waals surface area contributed by atoms with Crippen molar-refractivity contribution in [1.82, 2.24) is 4.90 Å². The number of amides is 2. The lowest BCUT2D eigenvalue weighted by Gasteiger charge is -2.37. The molecule has 0 atom stereocenters. The molecule has 1 saturated heterocycles. The van der Waals surface area contributed by atoms with E-state index < -0.39 is 0 Å². The van der Waals surface area contributed by atoms with Gasteiger partial charge in [-0.25, -0.2) is 0 Å². The quantitative estimate of drug-likeness (QED) is 0.726. The smallest absolute Gasteiger partial charge is 0.259 e. The lowest BCUT2D eigenvalue weighted by Crippen LogP contribution is -2.49. The van der Waals surface area contributed by atoms with E-state index in [4.69, 9.17) is 27.9 Å². The molecule has 1 fully saturated rings. The number of halogens is 2. The van der Waals surface area contributed by atoms with Crippen LogP contribution in [0, 0.1) is 5.92 Å². The first kappa shape index (κ1) is 22.2. The van der Waals surface area contributed by atoms with E-state index in [0.717, 1.165) is 18.8 Å². The van der Waals surface area contributed by atoms with Gasteiger partial charge < -0.3 is 19.9 Å². The number of nitrogens with one attached hydrogen (secondary N) is 1. The fourth-order valence-corrected chi connectivity index (χ4v) is 4.01. The van der Waals surface area contributed by atoms with Gasteiger partial charge in [-0.2, -0.15) is 0 Å². The van der Waals surface area contributed by atoms with Gasteiger partial charge in [0, 0.05) is 48.5 Å². The molecule has 0 aromatic heterocycles. The molecular formula is C22H25Cl2N3O3. The predicted octanol–water partition coefficient (Wildman–Crippen LogP) is 4.56. The van der Waals surface area contributed by atoms with Crippen LogP contribution >= 0.6 is 23.2 Å². The summed E-state index contributed by atoms with van der Waals surface area (Å²) >= 11 is 12.1. The van der Waals surface area contributed by atoms with Gasteiger partial charge in [-0.3, -0.25) is 9.59 Å². The van der Waals surface area contributed by atoms with Gasteiger partial charge in [-0.1, -0.05) is 37.0 Å². The summed E-state index contributed by atoms with van der Waals surface area (Å²) < 4.78 is 5.24. The van der Waals surface area contributed by atoms with Gasteiger partial charge >= 0.3 is 0 Å². The van der Waals surface area contributed by atoms with E-state index in [2.05, 4.69) is 10.2 Å². The lowest BCUT2D eigenvalue weighted by molar-refractivity contribution is -0.134. The van der Waals surface area contributed by atoms with Crippen LogP contribution in [0.4, 0.5) is 11.4 Å². The molecule has 160 valence electrons. The third kappa shape index (κ3) is 4.99. The molecule has 0 spiro atoms. The van der Waals surface area contributed by atoms with Crippen LogP contribution in [0.2, 0.25) is 10.0 Å². The highest BCUT2D eigenvalue weighted by Crippen LogP contribution is 2.32. The number of hydrogen-bond donors (Lipinski definition) is 1. The fourth-order valence-electron chi connectivity index (χ4n) is 3.44. The second kappa shape index (κ2) is 9.58. The lowest BCUT2D eigenvalue weighted by atomic mass is 10.1. The summed E-state index contributed by atoms with van der Waals surface area (Å²) in [4.78, 5) is 29.0. The molecule has 0 saturated carbocycles. The SMILES string of the molecule is COc1c(Cl)cc(Cl)cc1C(=O)Nc1ccc(N2CCN(C(=O)C(C)C)CC2)cc1. The summed E-state index contributed by atoms with van der Waals surface area (Å²) in [7, 11) is 1.45. The number of hydrogen-bond acceptors (Lipinski definition) is 4. The number of methoxy groups -OCH3 is 1. The van der Waals surface area contributed by atoms with Crippen molar-refractivity contribution in [3.8, 4) is 5.75 Å². The Morgan fingerprint density at radius 2 is 1.67 bits per heavy atom. The van der Waals surface area contributed by atoms with Gasteiger partial charge in [0.05, 0.1) is 17.7 Å². The highest BCUT2D eigenvalue weighted by molar-refractivity contribution is 6.36. The molecule has 0 unspecified atom stereocenters. The van der Waals surface area contributed by atoms with E-state index in [-0.39, 0.29) is 34.1 Å². The Bertz CT molecular complexity index is 924. The molecule has 1 heterocycles. The molecule has 1 aliphatic heterocycles. The van der Waals surface area contributed by atoms with Crippen LogP contribution in [0.1, 0.15) is 24.2 Å². The van der Waals surface area contributed by atoms with Crippen LogP contribution in [0.5, 0.6) is 5.75 Å². The maximum atomic E-state index is 12.7. The van der Waals surface area contributed by atoms with E-state index in [1.54, 1.807) is 0 Å². The van der Waals surface area contributed by atoms with Crippen molar-refractivity contribution in [1.29, 1.82) is 0 Å². The van der Waals surface area contributed by atoms with Crippen LogP contribution in [-0.2, 0) is 4.79 Å². The number of anilines is 2. The zero-order valence-corrected chi connectivity index (χ0v) is 18.8. The molecule has 2 amide bonds.